The molecule has 17 heavy (non-hydrogen) atoms. The van der Waals surface area contributed by atoms with Gasteiger partial charge in [-0.25, -0.2) is 0 Å². The Balaban J connectivity index is 2.53. The lowest BCUT2D eigenvalue weighted by Gasteiger charge is -2.24. The maximum Gasteiger partial charge on any atom is 0.122 e. The molecule has 3 heteroatoms. The van der Waals surface area contributed by atoms with Crippen LogP contribution in [0.3, 0.4) is 0 Å². The van der Waals surface area contributed by atoms with Crippen LogP contribution < -0.4 is 10.1 Å². The summed E-state index contributed by atoms with van der Waals surface area (Å²) in [5.41, 5.74) is 1.29. The molecule has 1 unspecified atom stereocenters. The third-order valence-corrected chi connectivity index (χ3v) is 2.88. The van der Waals surface area contributed by atoms with Gasteiger partial charge in [-0.15, -0.1) is 0 Å². The summed E-state index contributed by atoms with van der Waals surface area (Å²) in [6, 6.07) is 6.08. The summed E-state index contributed by atoms with van der Waals surface area (Å²) in [6.07, 6.45) is 0.161. The summed E-state index contributed by atoms with van der Waals surface area (Å²) in [6.45, 7) is 11.5. The van der Waals surface area contributed by atoms with Crippen molar-refractivity contribution in [2.45, 2.75) is 46.3 Å². The number of halogens is 1. The Kier molecular flexibility index (Phi) is 5.02. The maximum absolute atomic E-state index is 5.91. The third kappa shape index (κ3) is 5.55. The van der Waals surface area contributed by atoms with Crippen LogP contribution in [0, 0.1) is 6.92 Å². The molecule has 0 saturated carbocycles. The molecule has 0 aromatic heterocycles. The monoisotopic (exact) mass is 299 g/mol. The van der Waals surface area contributed by atoms with Gasteiger partial charge in [-0.05, 0) is 58.4 Å². The van der Waals surface area contributed by atoms with E-state index in [0.29, 0.717) is 0 Å². The van der Waals surface area contributed by atoms with Crippen molar-refractivity contribution in [2.75, 3.05) is 6.54 Å². The van der Waals surface area contributed by atoms with Gasteiger partial charge in [0.25, 0.3) is 0 Å². The molecule has 1 aromatic rings. The topological polar surface area (TPSA) is 21.3 Å². The average molecular weight is 300 g/mol. The fourth-order valence-corrected chi connectivity index (χ4v) is 1.93. The molecule has 1 atom stereocenters. The second-order valence-corrected chi connectivity index (χ2v) is 6.38. The Morgan fingerprint density at radius 1 is 1.35 bits per heavy atom. The smallest absolute Gasteiger partial charge is 0.122 e. The first kappa shape index (κ1) is 14.5. The first-order valence-electron chi connectivity index (χ1n) is 5.96. The number of hydrogen-bond donors (Lipinski definition) is 1. The van der Waals surface area contributed by atoms with E-state index in [1.807, 2.05) is 12.1 Å². The minimum Gasteiger partial charge on any atom is -0.489 e. The number of nitrogens with one attached hydrogen (secondary N) is 1. The van der Waals surface area contributed by atoms with Gasteiger partial charge >= 0.3 is 0 Å². The van der Waals surface area contributed by atoms with Crippen LogP contribution in [0.25, 0.3) is 0 Å². The van der Waals surface area contributed by atoms with Crippen molar-refractivity contribution in [2.24, 2.45) is 0 Å². The molecule has 0 fully saturated rings. The van der Waals surface area contributed by atoms with Gasteiger partial charge in [0.2, 0.25) is 0 Å². The van der Waals surface area contributed by atoms with Gasteiger partial charge in [-0.3, -0.25) is 0 Å². The number of benzene rings is 1. The minimum atomic E-state index is 0.131. The largest absolute Gasteiger partial charge is 0.489 e. The van der Waals surface area contributed by atoms with Gasteiger partial charge in [0.15, 0.2) is 0 Å². The number of hydrogen-bond acceptors (Lipinski definition) is 2. The Morgan fingerprint density at radius 3 is 2.53 bits per heavy atom. The maximum atomic E-state index is 5.91. The van der Waals surface area contributed by atoms with E-state index in [2.05, 4.69) is 61.9 Å². The molecule has 1 rings (SSSR count). The van der Waals surface area contributed by atoms with Gasteiger partial charge in [0, 0.05) is 16.6 Å². The van der Waals surface area contributed by atoms with Crippen molar-refractivity contribution in [1.29, 1.82) is 0 Å². The Bertz CT molecular complexity index is 371. The minimum absolute atomic E-state index is 0.131. The third-order valence-electron chi connectivity index (χ3n) is 2.38. The average Bonchev–Trinajstić information content (AvgIpc) is 2.18. The summed E-state index contributed by atoms with van der Waals surface area (Å²) < 4.78 is 7.00. The van der Waals surface area contributed by atoms with Crippen molar-refractivity contribution >= 4 is 15.9 Å². The summed E-state index contributed by atoms with van der Waals surface area (Å²) in [5, 5.41) is 3.44. The van der Waals surface area contributed by atoms with E-state index in [4.69, 9.17) is 4.74 Å². The zero-order valence-electron chi connectivity index (χ0n) is 11.3. The highest BCUT2D eigenvalue weighted by molar-refractivity contribution is 9.10. The van der Waals surface area contributed by atoms with E-state index in [1.165, 1.54) is 0 Å². The molecular formula is C14H22BrNO. The Hall–Kier alpha value is -0.540. The van der Waals surface area contributed by atoms with E-state index in [-0.39, 0.29) is 11.6 Å². The van der Waals surface area contributed by atoms with Crippen molar-refractivity contribution < 1.29 is 4.74 Å². The first-order valence-corrected chi connectivity index (χ1v) is 6.75. The normalized spacial score (nSPS) is 13.5. The molecule has 0 radical (unpaired) electrons. The number of ether oxygens (including phenoxy) is 1. The molecule has 0 spiro atoms. The van der Waals surface area contributed by atoms with E-state index >= 15 is 0 Å². The predicted octanol–water partition coefficient (Wildman–Crippen LogP) is 3.91. The lowest BCUT2D eigenvalue weighted by molar-refractivity contribution is 0.202. The lowest BCUT2D eigenvalue weighted by Crippen LogP contribution is -2.41. The first-order chi connectivity index (χ1) is 7.78. The molecule has 0 aliphatic carbocycles. The van der Waals surface area contributed by atoms with E-state index in [1.54, 1.807) is 0 Å². The second kappa shape index (κ2) is 5.87. The second-order valence-electron chi connectivity index (χ2n) is 5.47. The van der Waals surface area contributed by atoms with E-state index < -0.39 is 0 Å². The van der Waals surface area contributed by atoms with Gasteiger partial charge in [0.05, 0.1) is 0 Å². The van der Waals surface area contributed by atoms with Crippen molar-refractivity contribution in [3.05, 3.63) is 28.2 Å². The van der Waals surface area contributed by atoms with Crippen molar-refractivity contribution in [3.8, 4) is 5.75 Å². The van der Waals surface area contributed by atoms with Crippen molar-refractivity contribution in [1.82, 2.24) is 5.32 Å². The van der Waals surface area contributed by atoms with Crippen LogP contribution in [0.15, 0.2) is 22.7 Å². The molecular weight excluding hydrogens is 278 g/mol. The zero-order valence-corrected chi connectivity index (χ0v) is 12.9. The van der Waals surface area contributed by atoms with Gasteiger partial charge in [-0.1, -0.05) is 15.9 Å². The molecule has 2 nitrogen and oxygen atoms in total. The van der Waals surface area contributed by atoms with Crippen LogP contribution in [0.4, 0.5) is 0 Å². The van der Waals surface area contributed by atoms with Gasteiger partial charge in [-0.2, -0.15) is 0 Å². The van der Waals surface area contributed by atoms with Crippen LogP contribution in [-0.2, 0) is 0 Å². The van der Waals surface area contributed by atoms with Crippen LogP contribution in [0.5, 0.6) is 5.75 Å². The Morgan fingerprint density at radius 2 is 2.00 bits per heavy atom. The highest BCUT2D eigenvalue weighted by Gasteiger charge is 2.12. The molecule has 1 N–H and O–H groups in total. The number of rotatable bonds is 4. The molecule has 0 saturated heterocycles. The fraction of sp³-hybridized carbons (Fsp3) is 0.571. The van der Waals surface area contributed by atoms with Crippen LogP contribution >= 0.6 is 15.9 Å². The summed E-state index contributed by atoms with van der Waals surface area (Å²) in [5.74, 6) is 0.955. The van der Waals surface area contributed by atoms with Crippen LogP contribution in [0.1, 0.15) is 33.3 Å². The summed E-state index contributed by atoms with van der Waals surface area (Å²) >= 11 is 3.45. The molecule has 0 bridgehead atoms. The summed E-state index contributed by atoms with van der Waals surface area (Å²) in [7, 11) is 0. The molecule has 1 aromatic carbocycles. The number of aryl methyl sites for hydroxylation is 1. The van der Waals surface area contributed by atoms with Crippen LogP contribution in [-0.4, -0.2) is 18.2 Å². The highest BCUT2D eigenvalue weighted by Crippen LogP contribution is 2.23. The van der Waals surface area contributed by atoms with Gasteiger partial charge in [0.1, 0.15) is 11.9 Å². The lowest BCUT2D eigenvalue weighted by atomic mass is 10.1. The molecule has 0 amide bonds. The predicted molar refractivity (Wildman–Crippen MR) is 76.7 cm³/mol. The SMILES string of the molecule is Cc1cc(Br)ccc1OC(C)CNC(C)(C)C. The van der Waals surface area contributed by atoms with Gasteiger partial charge < -0.3 is 10.1 Å². The van der Waals surface area contributed by atoms with Crippen molar-refractivity contribution in [3.63, 3.8) is 0 Å². The fourth-order valence-electron chi connectivity index (χ4n) is 1.45. The van der Waals surface area contributed by atoms with E-state index in [0.717, 1.165) is 22.3 Å². The zero-order chi connectivity index (χ0) is 13.1. The van der Waals surface area contributed by atoms with Crippen LogP contribution in [0.2, 0.25) is 0 Å². The molecule has 96 valence electrons. The quantitative estimate of drug-likeness (QED) is 0.910. The highest BCUT2D eigenvalue weighted by atomic mass is 79.9. The van der Waals surface area contributed by atoms with E-state index in [9.17, 15) is 0 Å². The standard InChI is InChI=1S/C14H22BrNO/c1-10-8-12(15)6-7-13(10)17-11(2)9-16-14(3,4)5/h6-8,11,16H,9H2,1-5H3. The molecule has 0 heterocycles. The molecule has 0 aliphatic heterocycles. The molecule has 0 aliphatic rings. The Labute approximate surface area is 113 Å². The summed E-state index contributed by atoms with van der Waals surface area (Å²) in [4.78, 5) is 0.